The number of hydrogen-bond donors (Lipinski definition) is 0. The van der Waals surface area contributed by atoms with Crippen molar-refractivity contribution in [3.05, 3.63) is 191 Å². The third-order valence-electron chi connectivity index (χ3n) is 9.63. The van der Waals surface area contributed by atoms with Gasteiger partial charge >= 0.3 is 0 Å². The molecule has 238 valence electrons. The van der Waals surface area contributed by atoms with E-state index in [2.05, 4.69) is 165 Å². The second-order valence-electron chi connectivity index (χ2n) is 12.9. The summed E-state index contributed by atoms with van der Waals surface area (Å²) in [7, 11) is 0. The fourth-order valence-electron chi connectivity index (χ4n) is 7.10. The highest BCUT2D eigenvalue weighted by atomic mass is 32.2. The predicted molar refractivity (Wildman–Crippen MR) is 210 cm³/mol. The number of allylic oxidation sites excluding steroid dienone is 13. The lowest BCUT2D eigenvalue weighted by Crippen LogP contribution is -1.98. The van der Waals surface area contributed by atoms with Crippen molar-refractivity contribution in [1.29, 1.82) is 0 Å². The first-order chi connectivity index (χ1) is 23.7. The maximum Gasteiger partial charge on any atom is 0.0322 e. The lowest BCUT2D eigenvalue weighted by Gasteiger charge is -2.22. The van der Waals surface area contributed by atoms with Crippen LogP contribution in [-0.2, 0) is 12.8 Å². The molecule has 7 rings (SSSR count). The number of fused-ring (bicyclic) bond motifs is 3. The Bertz CT molecular complexity index is 1990. The van der Waals surface area contributed by atoms with Gasteiger partial charge in [-0.15, -0.1) is 11.8 Å². The second-order valence-corrected chi connectivity index (χ2v) is 14.3. The van der Waals surface area contributed by atoms with E-state index in [1.807, 2.05) is 11.8 Å². The molecule has 4 aromatic carbocycles. The minimum atomic E-state index is 0.287. The molecule has 0 N–H and O–H groups in total. The van der Waals surface area contributed by atoms with Crippen LogP contribution in [-0.4, -0.2) is 0 Å². The second kappa shape index (κ2) is 15.5. The van der Waals surface area contributed by atoms with E-state index in [0.29, 0.717) is 0 Å². The summed E-state index contributed by atoms with van der Waals surface area (Å²) >= 11 is 2.01. The molecule has 1 unspecified atom stereocenters. The van der Waals surface area contributed by atoms with Gasteiger partial charge in [-0.1, -0.05) is 163 Å². The van der Waals surface area contributed by atoms with Crippen molar-refractivity contribution in [2.75, 3.05) is 0 Å². The van der Waals surface area contributed by atoms with Crippen LogP contribution in [0.5, 0.6) is 0 Å². The van der Waals surface area contributed by atoms with Gasteiger partial charge in [0.15, 0.2) is 0 Å². The molecule has 0 amide bonds. The van der Waals surface area contributed by atoms with Crippen molar-refractivity contribution < 1.29 is 0 Å². The number of rotatable bonds is 8. The van der Waals surface area contributed by atoms with Crippen LogP contribution >= 0.6 is 11.8 Å². The summed E-state index contributed by atoms with van der Waals surface area (Å²) in [4.78, 5) is 1.40. The number of benzene rings is 4. The average Bonchev–Trinajstić information content (AvgIpc) is 3.15. The molecule has 0 saturated carbocycles. The van der Waals surface area contributed by atoms with Gasteiger partial charge in [-0.05, 0) is 108 Å². The largest absolute Gasteiger partial charge is 0.118 e. The van der Waals surface area contributed by atoms with Crippen LogP contribution in [0.25, 0.3) is 33.4 Å². The first kappa shape index (κ1) is 32.0. The standard InChI is InChI=1S/C47H44S/c1-35(48-47(38-22-10-5-11-23-38)33-30-36-18-6-4-7-19-36)41-25-14-16-28-45(41)46-29-17-15-27-43(46)40-31-32-44-39(34-40)24-9-3-2-8-20-37-21-12-13-26-42(37)44/h2-4,6,8-10,12-18,21-23,25-29,31-35H,5,7,11,19-20,24,30H2,1H3/b8-2-,9-3-,47-33-. The molecular formula is C47H44S. The van der Waals surface area contributed by atoms with E-state index in [-0.39, 0.29) is 5.25 Å². The number of hydrogen-bond acceptors (Lipinski definition) is 1. The highest BCUT2D eigenvalue weighted by molar-refractivity contribution is 8.03. The van der Waals surface area contributed by atoms with Crippen LogP contribution in [0.15, 0.2) is 174 Å². The molecule has 1 heteroatoms. The van der Waals surface area contributed by atoms with E-state index in [0.717, 1.165) is 44.9 Å². The Hall–Kier alpha value is -4.59. The molecule has 4 aromatic rings. The van der Waals surface area contributed by atoms with Crippen LogP contribution in [0, 0.1) is 0 Å². The Balaban J connectivity index is 1.24. The van der Waals surface area contributed by atoms with Crippen LogP contribution in [0.1, 0.15) is 61.0 Å². The van der Waals surface area contributed by atoms with Crippen LogP contribution in [0.2, 0.25) is 0 Å². The fraction of sp³-hybridized carbons (Fsp3) is 0.191. The molecule has 1 atom stereocenters. The maximum absolute atomic E-state index is 2.48. The van der Waals surface area contributed by atoms with Gasteiger partial charge in [-0.2, -0.15) is 0 Å². The normalized spacial score (nSPS) is 17.8. The van der Waals surface area contributed by atoms with Gasteiger partial charge in [0.2, 0.25) is 0 Å². The minimum Gasteiger partial charge on any atom is -0.118 e. The SMILES string of the molecule is CC(S/C(=C\CC1=CC=CCC1)C1=CCCC=C1)c1ccccc1-c1ccccc1-c1ccc2c(c1)C/C=C\C=C/Cc1ccccc1-2. The first-order valence-corrected chi connectivity index (χ1v) is 18.4. The molecule has 48 heavy (non-hydrogen) atoms. The zero-order valence-corrected chi connectivity index (χ0v) is 28.8. The highest BCUT2D eigenvalue weighted by Crippen LogP contribution is 2.45. The zero-order valence-electron chi connectivity index (χ0n) is 27.9. The molecule has 0 aliphatic heterocycles. The van der Waals surface area contributed by atoms with Gasteiger partial charge in [0, 0.05) is 10.2 Å². The van der Waals surface area contributed by atoms with Gasteiger partial charge in [0.25, 0.3) is 0 Å². The van der Waals surface area contributed by atoms with Gasteiger partial charge in [0.1, 0.15) is 0 Å². The van der Waals surface area contributed by atoms with Crippen molar-refractivity contribution >= 4 is 11.8 Å². The third kappa shape index (κ3) is 7.43. The van der Waals surface area contributed by atoms with E-state index in [1.165, 1.54) is 66.1 Å². The summed E-state index contributed by atoms with van der Waals surface area (Å²) < 4.78 is 0. The minimum absolute atomic E-state index is 0.287. The van der Waals surface area contributed by atoms with E-state index < -0.39 is 0 Å². The van der Waals surface area contributed by atoms with Crippen LogP contribution in [0.3, 0.4) is 0 Å². The lowest BCUT2D eigenvalue weighted by molar-refractivity contribution is 0.924. The number of thioether (sulfide) groups is 1. The molecule has 0 aromatic heterocycles. The summed E-state index contributed by atoms with van der Waals surface area (Å²) in [6.07, 6.45) is 32.7. The van der Waals surface area contributed by atoms with Gasteiger partial charge < -0.3 is 0 Å². The third-order valence-corrected chi connectivity index (χ3v) is 10.9. The Morgan fingerprint density at radius 2 is 1.40 bits per heavy atom. The highest BCUT2D eigenvalue weighted by Gasteiger charge is 2.19. The fourth-order valence-corrected chi connectivity index (χ4v) is 8.28. The molecule has 0 radical (unpaired) electrons. The Morgan fingerprint density at radius 1 is 0.667 bits per heavy atom. The van der Waals surface area contributed by atoms with E-state index in [4.69, 9.17) is 0 Å². The molecule has 0 spiro atoms. The monoisotopic (exact) mass is 640 g/mol. The van der Waals surface area contributed by atoms with E-state index in [9.17, 15) is 0 Å². The topological polar surface area (TPSA) is 0 Å². The summed E-state index contributed by atoms with van der Waals surface area (Å²) in [5, 5.41) is 0.287. The molecule has 0 nitrogen and oxygen atoms in total. The lowest BCUT2D eigenvalue weighted by atomic mass is 9.87. The molecule has 0 heterocycles. The van der Waals surface area contributed by atoms with Gasteiger partial charge in [-0.25, -0.2) is 0 Å². The summed E-state index contributed by atoms with van der Waals surface area (Å²) in [5.41, 5.74) is 14.9. The Labute approximate surface area is 291 Å². The van der Waals surface area contributed by atoms with Gasteiger partial charge in [0.05, 0.1) is 0 Å². The van der Waals surface area contributed by atoms with Crippen LogP contribution in [0.4, 0.5) is 0 Å². The van der Waals surface area contributed by atoms with Gasteiger partial charge in [-0.3, -0.25) is 0 Å². The predicted octanol–water partition coefficient (Wildman–Crippen LogP) is 13.5. The molecule has 0 bridgehead atoms. The summed E-state index contributed by atoms with van der Waals surface area (Å²) in [5.74, 6) is 0. The van der Waals surface area contributed by atoms with Crippen molar-refractivity contribution in [2.24, 2.45) is 0 Å². The molecule has 0 saturated heterocycles. The van der Waals surface area contributed by atoms with Crippen molar-refractivity contribution in [2.45, 2.75) is 57.1 Å². The summed E-state index contributed by atoms with van der Waals surface area (Å²) in [6.45, 7) is 2.38. The maximum atomic E-state index is 2.48. The quantitative estimate of drug-likeness (QED) is 0.185. The van der Waals surface area contributed by atoms with Crippen LogP contribution < -0.4 is 0 Å². The first-order valence-electron chi connectivity index (χ1n) is 17.5. The molecule has 3 aliphatic rings. The van der Waals surface area contributed by atoms with E-state index in [1.54, 1.807) is 0 Å². The van der Waals surface area contributed by atoms with Crippen molar-refractivity contribution in [1.82, 2.24) is 0 Å². The Morgan fingerprint density at radius 3 is 2.19 bits per heavy atom. The molecular weight excluding hydrogens is 597 g/mol. The summed E-state index contributed by atoms with van der Waals surface area (Å²) in [6, 6.07) is 34.0. The average molecular weight is 641 g/mol. The molecule has 0 fully saturated rings. The molecule has 3 aliphatic carbocycles. The Kier molecular flexibility index (Phi) is 10.4. The van der Waals surface area contributed by atoms with Crippen molar-refractivity contribution in [3.8, 4) is 33.4 Å². The zero-order chi connectivity index (χ0) is 32.5. The smallest absolute Gasteiger partial charge is 0.0322 e. The van der Waals surface area contributed by atoms with E-state index >= 15 is 0 Å². The van der Waals surface area contributed by atoms with Crippen molar-refractivity contribution in [3.63, 3.8) is 0 Å².